The van der Waals surface area contributed by atoms with Gasteiger partial charge in [-0.2, -0.15) is 0 Å². The van der Waals surface area contributed by atoms with Crippen molar-refractivity contribution >= 4 is 11.9 Å². The van der Waals surface area contributed by atoms with Crippen LogP contribution in [0.3, 0.4) is 0 Å². The van der Waals surface area contributed by atoms with Crippen molar-refractivity contribution in [3.8, 4) is 5.75 Å². The van der Waals surface area contributed by atoms with Crippen LogP contribution in [-0.4, -0.2) is 42.8 Å². The third kappa shape index (κ3) is 5.23. The smallest absolute Gasteiger partial charge is 0.326 e. The van der Waals surface area contributed by atoms with E-state index in [0.717, 1.165) is 29.7 Å². The summed E-state index contributed by atoms with van der Waals surface area (Å²) in [5.41, 5.74) is 2.09. The van der Waals surface area contributed by atoms with Gasteiger partial charge in [0.2, 0.25) is 5.91 Å². The normalized spacial score (nSPS) is 18.7. The van der Waals surface area contributed by atoms with Gasteiger partial charge in [0.1, 0.15) is 11.8 Å². The SMILES string of the molecule is Cc1ccc(C)c(OCCC(=O)NC(C(=O)O)C2CCCOC2)c1. The van der Waals surface area contributed by atoms with Gasteiger partial charge in [-0.05, 0) is 43.9 Å². The minimum atomic E-state index is -1.02. The monoisotopic (exact) mass is 335 g/mol. The topological polar surface area (TPSA) is 84.9 Å². The lowest BCUT2D eigenvalue weighted by atomic mass is 9.93. The second-order valence-electron chi connectivity index (χ2n) is 6.23. The summed E-state index contributed by atoms with van der Waals surface area (Å²) in [6.45, 7) is 5.15. The molecule has 0 saturated carbocycles. The van der Waals surface area contributed by atoms with Crippen LogP contribution in [0, 0.1) is 19.8 Å². The number of aliphatic carboxylic acids is 1. The zero-order valence-electron chi connectivity index (χ0n) is 14.2. The lowest BCUT2D eigenvalue weighted by Gasteiger charge is -2.28. The fourth-order valence-electron chi connectivity index (χ4n) is 2.77. The summed E-state index contributed by atoms with van der Waals surface area (Å²) in [6, 6.07) is 4.98. The summed E-state index contributed by atoms with van der Waals surface area (Å²) in [5, 5.41) is 11.9. The first-order valence-corrected chi connectivity index (χ1v) is 8.27. The third-order valence-corrected chi connectivity index (χ3v) is 4.18. The van der Waals surface area contributed by atoms with Gasteiger partial charge in [0, 0.05) is 12.5 Å². The first-order chi connectivity index (χ1) is 11.5. The second kappa shape index (κ2) is 8.68. The number of benzene rings is 1. The summed E-state index contributed by atoms with van der Waals surface area (Å²) in [4.78, 5) is 23.5. The predicted octanol–water partition coefficient (Wildman–Crippen LogP) is 2.07. The zero-order valence-corrected chi connectivity index (χ0v) is 14.2. The van der Waals surface area contributed by atoms with Crippen molar-refractivity contribution in [2.75, 3.05) is 19.8 Å². The standard InChI is InChI=1S/C18H25NO5/c1-12-5-6-13(2)15(10-12)24-9-7-16(20)19-17(18(21)22)14-4-3-8-23-11-14/h5-6,10,14,17H,3-4,7-9,11H2,1-2H3,(H,19,20)(H,21,22). The number of rotatable bonds is 7. The van der Waals surface area contributed by atoms with E-state index in [0.29, 0.717) is 13.2 Å². The Bertz CT molecular complexity index is 581. The van der Waals surface area contributed by atoms with E-state index in [1.54, 1.807) is 0 Å². The quantitative estimate of drug-likeness (QED) is 0.797. The molecule has 1 aliphatic rings. The molecule has 0 bridgehead atoms. The molecule has 2 atom stereocenters. The Morgan fingerprint density at radius 2 is 2.21 bits per heavy atom. The fourth-order valence-corrected chi connectivity index (χ4v) is 2.77. The molecule has 2 rings (SSSR count). The molecule has 24 heavy (non-hydrogen) atoms. The number of nitrogens with one attached hydrogen (secondary N) is 1. The lowest BCUT2D eigenvalue weighted by Crippen LogP contribution is -2.48. The van der Waals surface area contributed by atoms with Crippen LogP contribution in [0.2, 0.25) is 0 Å². The van der Waals surface area contributed by atoms with Gasteiger partial charge in [-0.15, -0.1) is 0 Å². The average Bonchev–Trinajstić information content (AvgIpc) is 2.56. The first kappa shape index (κ1) is 18.3. The van der Waals surface area contributed by atoms with Gasteiger partial charge in [0.25, 0.3) is 0 Å². The maximum atomic E-state index is 12.0. The molecule has 0 radical (unpaired) electrons. The molecule has 0 spiro atoms. The fraction of sp³-hybridized carbons (Fsp3) is 0.556. The van der Waals surface area contributed by atoms with Crippen LogP contribution in [-0.2, 0) is 14.3 Å². The summed E-state index contributed by atoms with van der Waals surface area (Å²) in [5.74, 6) is -0.772. The number of carbonyl (C=O) groups is 2. The van der Waals surface area contributed by atoms with E-state index < -0.39 is 12.0 Å². The molecule has 1 fully saturated rings. The number of hydrogen-bond donors (Lipinski definition) is 2. The van der Waals surface area contributed by atoms with Gasteiger partial charge in [0.05, 0.1) is 19.6 Å². The van der Waals surface area contributed by atoms with E-state index in [2.05, 4.69) is 5.32 Å². The highest BCUT2D eigenvalue weighted by molar-refractivity contribution is 5.83. The minimum Gasteiger partial charge on any atom is -0.493 e. The number of carbonyl (C=O) groups excluding carboxylic acids is 1. The molecule has 6 heteroatoms. The Morgan fingerprint density at radius 3 is 2.88 bits per heavy atom. The predicted molar refractivity (Wildman–Crippen MR) is 89.1 cm³/mol. The summed E-state index contributed by atoms with van der Waals surface area (Å²) >= 11 is 0. The van der Waals surface area contributed by atoms with E-state index in [1.807, 2.05) is 32.0 Å². The molecular formula is C18H25NO5. The van der Waals surface area contributed by atoms with Crippen LogP contribution in [0.1, 0.15) is 30.4 Å². The molecule has 1 aromatic carbocycles. The van der Waals surface area contributed by atoms with E-state index in [4.69, 9.17) is 9.47 Å². The first-order valence-electron chi connectivity index (χ1n) is 8.27. The van der Waals surface area contributed by atoms with Crippen molar-refractivity contribution in [2.24, 2.45) is 5.92 Å². The molecule has 132 valence electrons. The van der Waals surface area contributed by atoms with Crippen LogP contribution >= 0.6 is 0 Å². The molecule has 2 N–H and O–H groups in total. The summed E-state index contributed by atoms with van der Waals surface area (Å²) < 4.78 is 11.0. The molecule has 1 aromatic rings. The van der Waals surface area contributed by atoms with E-state index in [9.17, 15) is 14.7 Å². The average molecular weight is 335 g/mol. The molecule has 1 aliphatic heterocycles. The van der Waals surface area contributed by atoms with Crippen LogP contribution < -0.4 is 10.1 Å². The van der Waals surface area contributed by atoms with E-state index in [-0.39, 0.29) is 24.9 Å². The largest absolute Gasteiger partial charge is 0.493 e. The van der Waals surface area contributed by atoms with Gasteiger partial charge < -0.3 is 19.9 Å². The highest BCUT2D eigenvalue weighted by Gasteiger charge is 2.31. The van der Waals surface area contributed by atoms with Crippen LogP contribution in [0.5, 0.6) is 5.75 Å². The van der Waals surface area contributed by atoms with Crippen molar-refractivity contribution in [1.29, 1.82) is 0 Å². The Kier molecular flexibility index (Phi) is 6.61. The van der Waals surface area contributed by atoms with Crippen LogP contribution in [0.25, 0.3) is 0 Å². The van der Waals surface area contributed by atoms with Crippen LogP contribution in [0.4, 0.5) is 0 Å². The molecule has 6 nitrogen and oxygen atoms in total. The van der Waals surface area contributed by atoms with Gasteiger partial charge in [0.15, 0.2) is 0 Å². The van der Waals surface area contributed by atoms with Crippen molar-refractivity contribution in [1.82, 2.24) is 5.32 Å². The third-order valence-electron chi connectivity index (χ3n) is 4.18. The Hall–Kier alpha value is -2.08. The van der Waals surface area contributed by atoms with Gasteiger partial charge in [-0.3, -0.25) is 4.79 Å². The van der Waals surface area contributed by atoms with Crippen molar-refractivity contribution in [3.63, 3.8) is 0 Å². The second-order valence-corrected chi connectivity index (χ2v) is 6.23. The number of carboxylic acids is 1. The zero-order chi connectivity index (χ0) is 17.5. The molecule has 1 saturated heterocycles. The maximum absolute atomic E-state index is 12.0. The number of hydrogen-bond acceptors (Lipinski definition) is 4. The highest BCUT2D eigenvalue weighted by atomic mass is 16.5. The Labute approximate surface area is 142 Å². The Balaban J connectivity index is 1.82. The number of carboxylic acid groups (broad SMARTS) is 1. The molecule has 2 unspecified atom stereocenters. The lowest BCUT2D eigenvalue weighted by molar-refractivity contribution is -0.145. The van der Waals surface area contributed by atoms with Crippen molar-refractivity contribution in [3.05, 3.63) is 29.3 Å². The maximum Gasteiger partial charge on any atom is 0.326 e. The van der Waals surface area contributed by atoms with Crippen molar-refractivity contribution < 1.29 is 24.2 Å². The van der Waals surface area contributed by atoms with Gasteiger partial charge in [-0.1, -0.05) is 12.1 Å². The molecule has 1 heterocycles. The number of amides is 1. The van der Waals surface area contributed by atoms with E-state index in [1.165, 1.54) is 0 Å². The van der Waals surface area contributed by atoms with Gasteiger partial charge in [-0.25, -0.2) is 4.79 Å². The van der Waals surface area contributed by atoms with Crippen LogP contribution in [0.15, 0.2) is 18.2 Å². The Morgan fingerprint density at radius 1 is 1.42 bits per heavy atom. The summed E-state index contributed by atoms with van der Waals surface area (Å²) in [6.07, 6.45) is 1.68. The highest BCUT2D eigenvalue weighted by Crippen LogP contribution is 2.20. The minimum absolute atomic E-state index is 0.116. The molecule has 0 aliphatic carbocycles. The molecule has 1 amide bonds. The molecule has 0 aromatic heterocycles. The molecular weight excluding hydrogens is 310 g/mol. The number of aryl methyl sites for hydroxylation is 2. The number of ether oxygens (including phenoxy) is 2. The van der Waals surface area contributed by atoms with E-state index >= 15 is 0 Å². The van der Waals surface area contributed by atoms with Gasteiger partial charge >= 0.3 is 5.97 Å². The van der Waals surface area contributed by atoms with Crippen molar-refractivity contribution in [2.45, 2.75) is 39.2 Å². The summed E-state index contributed by atoms with van der Waals surface area (Å²) in [7, 11) is 0.